The van der Waals surface area contributed by atoms with Crippen molar-refractivity contribution in [3.63, 3.8) is 0 Å². The largest absolute Gasteiger partial charge is 1.00 e. The second-order valence-corrected chi connectivity index (χ2v) is 14.2. The maximum Gasteiger partial charge on any atom is 0.0989 e. The molecule has 2 aliphatic heterocycles. The third-order valence-corrected chi connectivity index (χ3v) is 9.61. The molecular weight excluding hydrogens is 563 g/mol. The van der Waals surface area contributed by atoms with Crippen molar-refractivity contribution < 1.29 is 33.8 Å². The van der Waals surface area contributed by atoms with E-state index >= 15 is 0 Å². The van der Waals surface area contributed by atoms with Gasteiger partial charge in [-0.3, -0.25) is 0 Å². The van der Waals surface area contributed by atoms with Gasteiger partial charge in [0, 0.05) is 35.8 Å². The lowest BCUT2D eigenvalue weighted by molar-refractivity contribution is -0.892. The van der Waals surface area contributed by atoms with Crippen molar-refractivity contribution in [2.24, 2.45) is 0 Å². The van der Waals surface area contributed by atoms with Crippen LogP contribution >= 0.6 is 0 Å². The van der Waals surface area contributed by atoms with E-state index in [1.165, 1.54) is 113 Å². The van der Waals surface area contributed by atoms with Gasteiger partial charge in [-0.15, -0.1) is 0 Å². The number of nitrogen functional groups attached to an aromatic ring is 2. The van der Waals surface area contributed by atoms with E-state index in [0.717, 1.165) is 20.3 Å². The average Bonchev–Trinajstić information content (AvgIpc) is 3.53. The number of quaternary nitrogens is 2. The Morgan fingerprint density at radius 2 is 1.02 bits per heavy atom. The lowest BCUT2D eigenvalue weighted by atomic mass is 10.1. The zero-order valence-corrected chi connectivity index (χ0v) is 28.7. The van der Waals surface area contributed by atoms with Gasteiger partial charge in [0.1, 0.15) is 0 Å². The van der Waals surface area contributed by atoms with Crippen LogP contribution in [0.3, 0.4) is 0 Å². The van der Waals surface area contributed by atoms with Gasteiger partial charge < -0.3 is 55.0 Å². The van der Waals surface area contributed by atoms with Crippen LogP contribution in [0.5, 0.6) is 0 Å². The number of likely N-dealkylation sites (N-methyl/N-ethyl adjacent to an activating group) is 2. The first-order valence-corrected chi connectivity index (χ1v) is 15.8. The molecule has 2 fully saturated rings. The number of nitrogens with two attached hydrogens (primary N) is 2. The fraction of sp³-hybridized carbons (Fsp3) is 0.647. The van der Waals surface area contributed by atoms with E-state index in [2.05, 4.69) is 88.2 Å². The van der Waals surface area contributed by atoms with E-state index in [-0.39, 0.29) is 24.8 Å². The van der Waals surface area contributed by atoms with E-state index in [9.17, 15) is 0 Å². The molecule has 2 aromatic carbocycles. The number of benzene rings is 2. The average molecular weight is 622 g/mol. The van der Waals surface area contributed by atoms with Gasteiger partial charge in [0.05, 0.1) is 66.5 Å². The fourth-order valence-corrected chi connectivity index (χ4v) is 7.16. The van der Waals surface area contributed by atoms with Gasteiger partial charge in [-0.2, -0.15) is 0 Å². The van der Waals surface area contributed by atoms with E-state index in [1.807, 2.05) is 0 Å². The molecule has 4 rings (SSSR count). The van der Waals surface area contributed by atoms with Crippen LogP contribution in [0.2, 0.25) is 0 Å². The first-order valence-electron chi connectivity index (χ1n) is 15.8. The van der Waals surface area contributed by atoms with Crippen LogP contribution in [0.4, 0.5) is 22.7 Å². The monoisotopic (exact) mass is 620 g/mol. The van der Waals surface area contributed by atoms with E-state index in [0.29, 0.717) is 12.1 Å². The van der Waals surface area contributed by atoms with E-state index in [1.54, 1.807) is 0 Å². The summed E-state index contributed by atoms with van der Waals surface area (Å²) in [6.45, 7) is 11.5. The van der Waals surface area contributed by atoms with Crippen LogP contribution in [-0.4, -0.2) is 88.5 Å². The minimum absolute atomic E-state index is 0. The van der Waals surface area contributed by atoms with Crippen LogP contribution in [0.25, 0.3) is 0 Å². The number of unbranched alkanes of at least 4 members (excludes halogenated alkanes) is 3. The normalized spacial score (nSPS) is 19.1. The Bertz CT molecular complexity index is 1030. The smallest absolute Gasteiger partial charge is 0.0989 e. The molecule has 238 valence electrons. The Morgan fingerprint density at radius 1 is 0.643 bits per heavy atom. The fourth-order valence-electron chi connectivity index (χ4n) is 7.16. The molecule has 42 heavy (non-hydrogen) atoms. The molecule has 0 spiro atoms. The summed E-state index contributed by atoms with van der Waals surface area (Å²) in [5.74, 6) is 0. The molecule has 0 bridgehead atoms. The molecule has 6 nitrogen and oxygen atoms in total. The van der Waals surface area contributed by atoms with Gasteiger partial charge in [0.2, 0.25) is 0 Å². The molecule has 8 heteroatoms. The highest BCUT2D eigenvalue weighted by Crippen LogP contribution is 2.31. The third-order valence-electron chi connectivity index (χ3n) is 9.61. The van der Waals surface area contributed by atoms with Crippen molar-refractivity contribution in [2.75, 3.05) is 88.7 Å². The zero-order chi connectivity index (χ0) is 28.9. The quantitative estimate of drug-likeness (QED) is 0.185. The minimum atomic E-state index is 0. The maximum atomic E-state index is 6.08. The number of rotatable bonds is 13. The van der Waals surface area contributed by atoms with Gasteiger partial charge in [-0.25, -0.2) is 0 Å². The van der Waals surface area contributed by atoms with Crippen LogP contribution in [0.15, 0.2) is 36.4 Å². The van der Waals surface area contributed by atoms with Crippen LogP contribution in [0, 0.1) is 13.8 Å². The lowest BCUT2D eigenvalue weighted by Crippen LogP contribution is -3.00. The number of hydrogen-bond acceptors (Lipinski definition) is 4. The van der Waals surface area contributed by atoms with E-state index < -0.39 is 0 Å². The standard InChI is InChI=1S/C34H58N6.2ClH/c1-27-23-29(15-17-33(27)35)37-19-11-13-31(37)25-39(3,4)21-9-7-8-10-22-40(5,6)26-32-14-12-20-38(32)30-16-18-34(36)28(2)24-30;;/h15-18,23-24,31-32H,7-14,19-22,25-26,35-36H2,1-6H3;2*1H/q+2;;/p-2. The van der Waals surface area contributed by atoms with Gasteiger partial charge in [-0.1, -0.05) is 0 Å². The summed E-state index contributed by atoms with van der Waals surface area (Å²) in [5.41, 5.74) is 19.0. The lowest BCUT2D eigenvalue weighted by Gasteiger charge is -2.37. The summed E-state index contributed by atoms with van der Waals surface area (Å²) < 4.78 is 2.22. The van der Waals surface area contributed by atoms with Crippen molar-refractivity contribution in [1.29, 1.82) is 0 Å². The Labute approximate surface area is 269 Å². The molecule has 2 heterocycles. The predicted octanol–water partition coefficient (Wildman–Crippen LogP) is -0.173. The van der Waals surface area contributed by atoms with Crippen molar-refractivity contribution in [3.8, 4) is 0 Å². The summed E-state index contributed by atoms with van der Waals surface area (Å²) in [6.07, 6.45) is 10.5. The molecule has 0 aliphatic carbocycles. The van der Waals surface area contributed by atoms with Crippen molar-refractivity contribution in [3.05, 3.63) is 47.5 Å². The molecule has 2 aliphatic rings. The van der Waals surface area contributed by atoms with Gasteiger partial charge in [0.15, 0.2) is 0 Å². The number of anilines is 4. The molecule has 0 radical (unpaired) electrons. The Balaban J connectivity index is 0.00000308. The first-order chi connectivity index (χ1) is 18.9. The topological polar surface area (TPSA) is 58.5 Å². The number of halogens is 2. The second kappa shape index (κ2) is 15.7. The maximum absolute atomic E-state index is 6.08. The number of nitrogens with zero attached hydrogens (tertiary/aromatic N) is 4. The molecule has 2 atom stereocenters. The van der Waals surface area contributed by atoms with Crippen molar-refractivity contribution >= 4 is 22.7 Å². The van der Waals surface area contributed by atoms with Crippen LogP contribution in [-0.2, 0) is 0 Å². The zero-order valence-electron chi connectivity index (χ0n) is 27.2. The van der Waals surface area contributed by atoms with Crippen molar-refractivity contribution in [1.82, 2.24) is 0 Å². The first kappa shape index (κ1) is 36.3. The summed E-state index contributed by atoms with van der Waals surface area (Å²) in [4.78, 5) is 5.26. The van der Waals surface area contributed by atoms with Crippen LogP contribution < -0.4 is 46.1 Å². The van der Waals surface area contributed by atoms with Crippen LogP contribution in [0.1, 0.15) is 62.5 Å². The molecule has 0 aromatic heterocycles. The highest BCUT2D eigenvalue weighted by Gasteiger charge is 2.32. The second-order valence-electron chi connectivity index (χ2n) is 14.2. The summed E-state index contributed by atoms with van der Waals surface area (Å²) >= 11 is 0. The predicted molar refractivity (Wildman–Crippen MR) is 174 cm³/mol. The minimum Gasteiger partial charge on any atom is -1.00 e. The van der Waals surface area contributed by atoms with Gasteiger partial charge >= 0.3 is 0 Å². The Kier molecular flexibility index (Phi) is 13.6. The molecule has 0 saturated carbocycles. The molecule has 2 saturated heterocycles. The molecule has 4 N–H and O–H groups in total. The highest BCUT2D eigenvalue weighted by molar-refractivity contribution is 5.60. The SMILES string of the molecule is Cc1cc(N2CCCC2C[N+](C)(C)CCCCCC[N+](C)(C)CC2CCCN2c2ccc(N)c(C)c2)ccc1N.[Cl-].[Cl-]. The number of aryl methyl sites for hydroxylation is 2. The summed E-state index contributed by atoms with van der Waals surface area (Å²) in [6, 6.07) is 14.4. The Hall–Kier alpha value is -1.86. The van der Waals surface area contributed by atoms with E-state index in [4.69, 9.17) is 11.5 Å². The van der Waals surface area contributed by atoms with Gasteiger partial charge in [-0.05, 0) is 113 Å². The Morgan fingerprint density at radius 3 is 1.38 bits per heavy atom. The highest BCUT2D eigenvalue weighted by atomic mass is 35.5. The van der Waals surface area contributed by atoms with Gasteiger partial charge in [0.25, 0.3) is 0 Å². The molecule has 2 unspecified atom stereocenters. The molecular formula is C34H58Cl2N6. The van der Waals surface area contributed by atoms with Crippen molar-refractivity contribution in [2.45, 2.75) is 77.3 Å². The summed E-state index contributed by atoms with van der Waals surface area (Å²) in [5, 5.41) is 0. The number of hydrogen-bond donors (Lipinski definition) is 2. The molecule has 2 aromatic rings. The molecule has 0 amide bonds. The summed E-state index contributed by atoms with van der Waals surface area (Å²) in [7, 11) is 9.72. The third kappa shape index (κ3) is 9.83.